The maximum Gasteiger partial charge on any atom is 0.322 e. The second-order valence-electron chi connectivity index (χ2n) is 5.82. The molecule has 0 bridgehead atoms. The van der Waals surface area contributed by atoms with E-state index in [9.17, 15) is 4.79 Å². The smallest absolute Gasteiger partial charge is 0.322 e. The first-order valence-electron chi connectivity index (χ1n) is 8.15. The molecular formula is C17H23N5O2. The summed E-state index contributed by atoms with van der Waals surface area (Å²) in [6.07, 6.45) is 3.43. The van der Waals surface area contributed by atoms with Crippen molar-refractivity contribution in [3.63, 3.8) is 0 Å². The van der Waals surface area contributed by atoms with Crippen LogP contribution in [0.2, 0.25) is 0 Å². The SMILES string of the molecule is Cn1cc(NC(=O)N2CCN(CCOc3ccccc3)CC2)cn1. The monoisotopic (exact) mass is 329 g/mol. The van der Waals surface area contributed by atoms with Crippen LogP contribution in [-0.2, 0) is 7.05 Å². The molecule has 2 heterocycles. The molecule has 1 aromatic carbocycles. The van der Waals surface area contributed by atoms with Gasteiger partial charge >= 0.3 is 6.03 Å². The highest BCUT2D eigenvalue weighted by molar-refractivity contribution is 5.89. The third-order valence-electron chi connectivity index (χ3n) is 4.04. The Bertz CT molecular complexity index is 650. The lowest BCUT2D eigenvalue weighted by atomic mass is 10.3. The van der Waals surface area contributed by atoms with Crippen molar-refractivity contribution in [2.45, 2.75) is 0 Å². The number of anilines is 1. The molecule has 1 saturated heterocycles. The molecule has 0 radical (unpaired) electrons. The topological polar surface area (TPSA) is 62.6 Å². The van der Waals surface area contributed by atoms with E-state index in [4.69, 9.17) is 4.74 Å². The van der Waals surface area contributed by atoms with Gasteiger partial charge in [0.15, 0.2) is 0 Å². The number of para-hydroxylation sites is 1. The number of hydrogen-bond acceptors (Lipinski definition) is 4. The van der Waals surface area contributed by atoms with E-state index in [2.05, 4.69) is 15.3 Å². The van der Waals surface area contributed by atoms with Crippen LogP contribution in [0.15, 0.2) is 42.7 Å². The molecule has 0 spiro atoms. The number of urea groups is 1. The first kappa shape index (κ1) is 16.3. The summed E-state index contributed by atoms with van der Waals surface area (Å²) in [7, 11) is 1.83. The van der Waals surface area contributed by atoms with Crippen LogP contribution in [0.25, 0.3) is 0 Å². The number of aromatic nitrogens is 2. The van der Waals surface area contributed by atoms with E-state index in [1.165, 1.54) is 0 Å². The molecule has 3 rings (SSSR count). The van der Waals surface area contributed by atoms with E-state index in [-0.39, 0.29) is 6.03 Å². The number of piperazine rings is 1. The average molecular weight is 329 g/mol. The van der Waals surface area contributed by atoms with E-state index in [1.807, 2.05) is 42.3 Å². The Morgan fingerprint density at radius 2 is 1.96 bits per heavy atom. The predicted octanol–water partition coefficient (Wildman–Crippen LogP) is 1.65. The van der Waals surface area contributed by atoms with Gasteiger partial charge in [-0.1, -0.05) is 18.2 Å². The number of carbonyl (C=O) groups excluding carboxylic acids is 1. The van der Waals surface area contributed by atoms with E-state index < -0.39 is 0 Å². The Balaban J connectivity index is 1.37. The highest BCUT2D eigenvalue weighted by atomic mass is 16.5. The number of nitrogens with one attached hydrogen (secondary N) is 1. The van der Waals surface area contributed by atoms with Crippen LogP contribution in [0, 0.1) is 0 Å². The molecule has 0 aliphatic carbocycles. The molecule has 1 aromatic heterocycles. The first-order chi connectivity index (χ1) is 11.7. The standard InChI is InChI=1S/C17H23N5O2/c1-20-14-15(13-18-20)19-17(23)22-9-7-21(8-10-22)11-12-24-16-5-3-2-4-6-16/h2-6,13-14H,7-12H2,1H3,(H,19,23). The molecule has 128 valence electrons. The largest absolute Gasteiger partial charge is 0.492 e. The minimum Gasteiger partial charge on any atom is -0.492 e. The van der Waals surface area contributed by atoms with Crippen LogP contribution >= 0.6 is 0 Å². The molecule has 0 unspecified atom stereocenters. The number of ether oxygens (including phenoxy) is 1. The summed E-state index contributed by atoms with van der Waals surface area (Å²) >= 11 is 0. The van der Waals surface area contributed by atoms with Crippen molar-refractivity contribution in [3.05, 3.63) is 42.7 Å². The molecule has 7 nitrogen and oxygen atoms in total. The van der Waals surface area contributed by atoms with Gasteiger partial charge in [-0.15, -0.1) is 0 Å². The van der Waals surface area contributed by atoms with Crippen molar-refractivity contribution in [2.75, 3.05) is 44.6 Å². The lowest BCUT2D eigenvalue weighted by Gasteiger charge is -2.34. The number of amides is 2. The van der Waals surface area contributed by atoms with Crippen LogP contribution in [0.4, 0.5) is 10.5 Å². The predicted molar refractivity (Wildman–Crippen MR) is 92.2 cm³/mol. The van der Waals surface area contributed by atoms with E-state index in [0.29, 0.717) is 6.61 Å². The van der Waals surface area contributed by atoms with Gasteiger partial charge in [0.1, 0.15) is 12.4 Å². The van der Waals surface area contributed by atoms with Crippen molar-refractivity contribution >= 4 is 11.7 Å². The lowest BCUT2D eigenvalue weighted by Crippen LogP contribution is -2.50. The molecule has 2 amide bonds. The molecule has 24 heavy (non-hydrogen) atoms. The summed E-state index contributed by atoms with van der Waals surface area (Å²) in [6.45, 7) is 4.69. The Kier molecular flexibility index (Phi) is 5.32. The van der Waals surface area contributed by atoms with Gasteiger partial charge < -0.3 is 15.0 Å². The summed E-state index contributed by atoms with van der Waals surface area (Å²) in [5, 5.41) is 6.92. The summed E-state index contributed by atoms with van der Waals surface area (Å²) in [5.74, 6) is 0.895. The molecule has 0 atom stereocenters. The Labute approximate surface area is 141 Å². The fourth-order valence-corrected chi connectivity index (χ4v) is 2.67. The quantitative estimate of drug-likeness (QED) is 0.906. The van der Waals surface area contributed by atoms with Gasteiger partial charge in [0.2, 0.25) is 0 Å². The zero-order chi connectivity index (χ0) is 16.8. The Morgan fingerprint density at radius 3 is 2.62 bits per heavy atom. The van der Waals surface area contributed by atoms with Gasteiger partial charge in [0, 0.05) is 46.0 Å². The van der Waals surface area contributed by atoms with Gasteiger partial charge in [-0.05, 0) is 12.1 Å². The molecule has 1 aliphatic heterocycles. The molecule has 1 aliphatic rings. The van der Waals surface area contributed by atoms with Gasteiger partial charge in [0.25, 0.3) is 0 Å². The van der Waals surface area contributed by atoms with Crippen LogP contribution in [-0.4, -0.2) is 64.9 Å². The zero-order valence-electron chi connectivity index (χ0n) is 13.9. The maximum atomic E-state index is 12.2. The normalized spacial score (nSPS) is 15.3. The second kappa shape index (κ2) is 7.83. The summed E-state index contributed by atoms with van der Waals surface area (Å²) < 4.78 is 7.39. The van der Waals surface area contributed by atoms with Gasteiger partial charge in [-0.2, -0.15) is 5.10 Å². The highest BCUT2D eigenvalue weighted by Gasteiger charge is 2.21. The first-order valence-corrected chi connectivity index (χ1v) is 8.15. The van der Waals surface area contributed by atoms with Gasteiger partial charge in [-0.25, -0.2) is 4.79 Å². The van der Waals surface area contributed by atoms with Crippen LogP contribution in [0.5, 0.6) is 5.75 Å². The average Bonchev–Trinajstić information content (AvgIpc) is 3.01. The maximum absolute atomic E-state index is 12.2. The minimum atomic E-state index is -0.0665. The number of carbonyl (C=O) groups is 1. The van der Waals surface area contributed by atoms with Gasteiger partial charge in [0.05, 0.1) is 11.9 Å². The molecule has 2 aromatic rings. The van der Waals surface area contributed by atoms with Crippen molar-refractivity contribution < 1.29 is 9.53 Å². The minimum absolute atomic E-state index is 0.0665. The molecule has 7 heteroatoms. The van der Waals surface area contributed by atoms with E-state index in [1.54, 1.807) is 17.1 Å². The summed E-state index contributed by atoms with van der Waals surface area (Å²) in [6, 6.07) is 9.76. The van der Waals surface area contributed by atoms with Crippen molar-refractivity contribution in [1.29, 1.82) is 0 Å². The lowest BCUT2D eigenvalue weighted by molar-refractivity contribution is 0.132. The van der Waals surface area contributed by atoms with Crippen molar-refractivity contribution in [1.82, 2.24) is 19.6 Å². The highest BCUT2D eigenvalue weighted by Crippen LogP contribution is 2.10. The van der Waals surface area contributed by atoms with Crippen LogP contribution < -0.4 is 10.1 Å². The second-order valence-corrected chi connectivity index (χ2v) is 5.82. The van der Waals surface area contributed by atoms with E-state index >= 15 is 0 Å². The summed E-state index contributed by atoms with van der Waals surface area (Å²) in [4.78, 5) is 16.4. The van der Waals surface area contributed by atoms with Crippen molar-refractivity contribution in [3.8, 4) is 5.75 Å². The third kappa shape index (κ3) is 4.48. The fraction of sp³-hybridized carbons (Fsp3) is 0.412. The summed E-state index contributed by atoms with van der Waals surface area (Å²) in [5.41, 5.74) is 0.723. The third-order valence-corrected chi connectivity index (χ3v) is 4.04. The van der Waals surface area contributed by atoms with Crippen LogP contribution in [0.3, 0.4) is 0 Å². The number of hydrogen-bond donors (Lipinski definition) is 1. The molecule has 1 fully saturated rings. The number of nitrogens with zero attached hydrogens (tertiary/aromatic N) is 4. The van der Waals surface area contributed by atoms with Gasteiger partial charge in [-0.3, -0.25) is 9.58 Å². The molecule has 1 N–H and O–H groups in total. The van der Waals surface area contributed by atoms with Crippen molar-refractivity contribution in [2.24, 2.45) is 7.05 Å². The molecular weight excluding hydrogens is 306 g/mol. The van der Waals surface area contributed by atoms with Crippen LogP contribution in [0.1, 0.15) is 0 Å². The zero-order valence-corrected chi connectivity index (χ0v) is 13.9. The Hall–Kier alpha value is -2.54. The van der Waals surface area contributed by atoms with E-state index in [0.717, 1.165) is 44.2 Å². The number of aryl methyl sites for hydroxylation is 1. The number of rotatable bonds is 5. The fourth-order valence-electron chi connectivity index (χ4n) is 2.67. The molecule has 0 saturated carbocycles. The number of benzene rings is 1. The Morgan fingerprint density at radius 1 is 1.21 bits per heavy atom.